The average molecular weight is 189 g/mol. The summed E-state index contributed by atoms with van der Waals surface area (Å²) in [6, 6.07) is 9.66. The van der Waals surface area contributed by atoms with Gasteiger partial charge in [-0.2, -0.15) is 4.98 Å². The Kier molecular flexibility index (Phi) is 2.05. The van der Waals surface area contributed by atoms with Crippen molar-refractivity contribution in [2.24, 2.45) is 5.73 Å². The second kappa shape index (κ2) is 3.23. The number of rotatable bonds is 2. The zero-order valence-corrected chi connectivity index (χ0v) is 7.84. The Morgan fingerprint density at radius 2 is 2.00 bits per heavy atom. The SMILES string of the molecule is CC(N)(c1ccccc1)c1ncno1. The molecule has 0 aliphatic rings. The van der Waals surface area contributed by atoms with Crippen LogP contribution in [-0.2, 0) is 5.54 Å². The molecule has 1 aromatic heterocycles. The van der Waals surface area contributed by atoms with Crippen LogP contribution < -0.4 is 5.73 Å². The van der Waals surface area contributed by atoms with Gasteiger partial charge in [0.15, 0.2) is 6.33 Å². The predicted octanol–water partition coefficient (Wildman–Crippen LogP) is 1.29. The van der Waals surface area contributed by atoms with Gasteiger partial charge in [-0.25, -0.2) is 0 Å². The number of nitrogens with zero attached hydrogens (tertiary/aromatic N) is 2. The van der Waals surface area contributed by atoms with Crippen LogP contribution in [0.3, 0.4) is 0 Å². The molecule has 2 N–H and O–H groups in total. The number of hydrogen-bond acceptors (Lipinski definition) is 4. The molecule has 4 nitrogen and oxygen atoms in total. The average Bonchev–Trinajstić information content (AvgIpc) is 2.72. The van der Waals surface area contributed by atoms with Gasteiger partial charge in [0.05, 0.1) is 0 Å². The quantitative estimate of drug-likeness (QED) is 0.773. The van der Waals surface area contributed by atoms with E-state index in [-0.39, 0.29) is 0 Å². The van der Waals surface area contributed by atoms with Crippen LogP contribution in [-0.4, -0.2) is 10.1 Å². The zero-order chi connectivity index (χ0) is 10.0. The van der Waals surface area contributed by atoms with Crippen LogP contribution in [0.4, 0.5) is 0 Å². The fourth-order valence-corrected chi connectivity index (χ4v) is 1.31. The molecule has 0 aliphatic carbocycles. The molecule has 1 atom stereocenters. The van der Waals surface area contributed by atoms with Gasteiger partial charge in [0.1, 0.15) is 5.54 Å². The third-order valence-electron chi connectivity index (χ3n) is 2.18. The van der Waals surface area contributed by atoms with E-state index in [1.807, 2.05) is 37.3 Å². The topological polar surface area (TPSA) is 64.9 Å². The normalized spacial score (nSPS) is 15.0. The van der Waals surface area contributed by atoms with Gasteiger partial charge in [-0.3, -0.25) is 0 Å². The van der Waals surface area contributed by atoms with Crippen molar-refractivity contribution in [3.63, 3.8) is 0 Å². The first-order chi connectivity index (χ1) is 6.71. The van der Waals surface area contributed by atoms with Crippen molar-refractivity contribution in [3.05, 3.63) is 48.1 Å². The van der Waals surface area contributed by atoms with Crippen molar-refractivity contribution in [3.8, 4) is 0 Å². The summed E-state index contributed by atoms with van der Waals surface area (Å²) in [5, 5.41) is 3.55. The Hall–Kier alpha value is -1.68. The predicted molar refractivity (Wildman–Crippen MR) is 51.4 cm³/mol. The molecule has 14 heavy (non-hydrogen) atoms. The number of nitrogens with two attached hydrogens (primary N) is 1. The van der Waals surface area contributed by atoms with E-state index >= 15 is 0 Å². The summed E-state index contributed by atoms with van der Waals surface area (Å²) in [5.74, 6) is 0.420. The van der Waals surface area contributed by atoms with E-state index in [9.17, 15) is 0 Å². The zero-order valence-electron chi connectivity index (χ0n) is 7.84. The highest BCUT2D eigenvalue weighted by Crippen LogP contribution is 2.23. The maximum absolute atomic E-state index is 6.11. The molecule has 0 fully saturated rings. The van der Waals surface area contributed by atoms with Crippen molar-refractivity contribution in [1.29, 1.82) is 0 Å². The highest BCUT2D eigenvalue weighted by molar-refractivity contribution is 5.28. The summed E-state index contributed by atoms with van der Waals surface area (Å²) < 4.78 is 4.97. The monoisotopic (exact) mass is 189 g/mol. The van der Waals surface area contributed by atoms with E-state index in [2.05, 4.69) is 10.1 Å². The lowest BCUT2D eigenvalue weighted by Gasteiger charge is -2.19. The van der Waals surface area contributed by atoms with Gasteiger partial charge in [0.2, 0.25) is 0 Å². The molecular weight excluding hydrogens is 178 g/mol. The number of benzene rings is 1. The molecule has 1 heterocycles. The van der Waals surface area contributed by atoms with Gasteiger partial charge in [-0.05, 0) is 12.5 Å². The van der Waals surface area contributed by atoms with Crippen LogP contribution >= 0.6 is 0 Å². The molecule has 0 spiro atoms. The second-order valence-electron chi connectivity index (χ2n) is 3.31. The van der Waals surface area contributed by atoms with Crippen LogP contribution in [0.1, 0.15) is 18.4 Å². The number of hydrogen-bond donors (Lipinski definition) is 1. The highest BCUT2D eigenvalue weighted by atomic mass is 16.5. The molecule has 0 amide bonds. The summed E-state index contributed by atoms with van der Waals surface area (Å²) in [7, 11) is 0. The molecule has 2 rings (SSSR count). The van der Waals surface area contributed by atoms with Crippen molar-refractivity contribution in [1.82, 2.24) is 10.1 Å². The van der Waals surface area contributed by atoms with Crippen molar-refractivity contribution in [2.75, 3.05) is 0 Å². The fourth-order valence-electron chi connectivity index (χ4n) is 1.31. The fraction of sp³-hybridized carbons (Fsp3) is 0.200. The van der Waals surface area contributed by atoms with Crippen LogP contribution in [0, 0.1) is 0 Å². The second-order valence-corrected chi connectivity index (χ2v) is 3.31. The largest absolute Gasteiger partial charge is 0.337 e. The molecule has 0 bridgehead atoms. The lowest BCUT2D eigenvalue weighted by molar-refractivity contribution is 0.324. The van der Waals surface area contributed by atoms with E-state index in [4.69, 9.17) is 10.3 Å². The summed E-state index contributed by atoms with van der Waals surface area (Å²) in [6.07, 6.45) is 1.35. The van der Waals surface area contributed by atoms with Crippen LogP contribution in [0.2, 0.25) is 0 Å². The van der Waals surface area contributed by atoms with Crippen LogP contribution in [0.25, 0.3) is 0 Å². The molecule has 1 unspecified atom stereocenters. The molecule has 1 aromatic carbocycles. The lowest BCUT2D eigenvalue weighted by Crippen LogP contribution is -2.34. The van der Waals surface area contributed by atoms with E-state index in [1.165, 1.54) is 6.33 Å². The third-order valence-corrected chi connectivity index (χ3v) is 2.18. The van der Waals surface area contributed by atoms with Gasteiger partial charge in [0, 0.05) is 0 Å². The summed E-state index contributed by atoms with van der Waals surface area (Å²) >= 11 is 0. The third kappa shape index (κ3) is 1.40. The van der Waals surface area contributed by atoms with E-state index in [1.54, 1.807) is 0 Å². The van der Waals surface area contributed by atoms with E-state index in [0.29, 0.717) is 5.89 Å². The first kappa shape index (κ1) is 8.90. The Morgan fingerprint density at radius 3 is 2.57 bits per heavy atom. The lowest BCUT2D eigenvalue weighted by atomic mass is 9.93. The maximum Gasteiger partial charge on any atom is 0.250 e. The minimum atomic E-state index is -0.724. The molecule has 0 radical (unpaired) electrons. The minimum Gasteiger partial charge on any atom is -0.337 e. The maximum atomic E-state index is 6.11. The van der Waals surface area contributed by atoms with Crippen LogP contribution in [0.5, 0.6) is 0 Å². The van der Waals surface area contributed by atoms with Gasteiger partial charge in [0.25, 0.3) is 5.89 Å². The Labute approximate surface area is 81.7 Å². The molecule has 2 aromatic rings. The first-order valence-corrected chi connectivity index (χ1v) is 4.33. The van der Waals surface area contributed by atoms with E-state index < -0.39 is 5.54 Å². The molecule has 0 saturated carbocycles. The first-order valence-electron chi connectivity index (χ1n) is 4.33. The molecule has 0 aliphatic heterocycles. The van der Waals surface area contributed by atoms with Crippen LogP contribution in [0.15, 0.2) is 41.2 Å². The highest BCUT2D eigenvalue weighted by Gasteiger charge is 2.28. The Morgan fingerprint density at radius 1 is 1.29 bits per heavy atom. The van der Waals surface area contributed by atoms with Crippen molar-refractivity contribution >= 4 is 0 Å². The molecular formula is C10H11N3O. The standard InChI is InChI=1S/C10H11N3O/c1-10(11,9-12-7-13-14-9)8-5-3-2-4-6-8/h2-7H,11H2,1H3. The molecule has 4 heteroatoms. The van der Waals surface area contributed by atoms with Crippen molar-refractivity contribution < 1.29 is 4.52 Å². The summed E-state index contributed by atoms with van der Waals surface area (Å²) in [6.45, 7) is 1.84. The van der Waals surface area contributed by atoms with Crippen molar-refractivity contribution in [2.45, 2.75) is 12.5 Å². The van der Waals surface area contributed by atoms with Gasteiger partial charge < -0.3 is 10.3 Å². The summed E-state index contributed by atoms with van der Waals surface area (Å²) in [4.78, 5) is 3.96. The molecule has 72 valence electrons. The number of aromatic nitrogens is 2. The Bertz CT molecular complexity index is 395. The minimum absolute atomic E-state index is 0.420. The van der Waals surface area contributed by atoms with Gasteiger partial charge in [-0.15, -0.1) is 0 Å². The smallest absolute Gasteiger partial charge is 0.250 e. The Balaban J connectivity index is 2.43. The van der Waals surface area contributed by atoms with Gasteiger partial charge >= 0.3 is 0 Å². The summed E-state index contributed by atoms with van der Waals surface area (Å²) in [5.41, 5.74) is 6.33. The van der Waals surface area contributed by atoms with Gasteiger partial charge in [-0.1, -0.05) is 35.5 Å². The van der Waals surface area contributed by atoms with E-state index in [0.717, 1.165) is 5.56 Å². The molecule has 0 saturated heterocycles.